The monoisotopic (exact) mass is 352 g/mol. The number of hydrogen-bond acceptors (Lipinski definition) is 3. The van der Waals surface area contributed by atoms with Crippen LogP contribution in [0.4, 0.5) is 0 Å². The average molecular weight is 352 g/mol. The molecule has 4 heteroatoms. The van der Waals surface area contributed by atoms with E-state index in [2.05, 4.69) is 0 Å². The third-order valence-electron chi connectivity index (χ3n) is 4.18. The lowest BCUT2D eigenvalue weighted by Gasteiger charge is -2.34. The van der Waals surface area contributed by atoms with E-state index in [-0.39, 0.29) is 0 Å². The molecular weight excluding hydrogens is 332 g/mol. The molecule has 0 amide bonds. The van der Waals surface area contributed by atoms with Crippen LogP contribution < -0.4 is 0 Å². The Morgan fingerprint density at radius 3 is 1.64 bits per heavy atom. The summed E-state index contributed by atoms with van der Waals surface area (Å²) in [4.78, 5) is 0.567. The van der Waals surface area contributed by atoms with E-state index in [1.807, 2.05) is 78.9 Å². The summed E-state index contributed by atoms with van der Waals surface area (Å²) in [5.74, 6) is 0. The van der Waals surface area contributed by atoms with Gasteiger partial charge in [-0.05, 0) is 30.2 Å². The fourth-order valence-electron chi connectivity index (χ4n) is 2.81. The number of benzene rings is 3. The number of hydrogen-bond donors (Lipinski definition) is 1. The zero-order valence-corrected chi connectivity index (χ0v) is 14.7. The Morgan fingerprint density at radius 1 is 0.800 bits per heavy atom. The summed E-state index contributed by atoms with van der Waals surface area (Å²) in [5.41, 5.74) is -0.0232. The molecule has 0 fully saturated rings. The molecule has 3 aromatic rings. The van der Waals surface area contributed by atoms with Crippen molar-refractivity contribution in [3.63, 3.8) is 0 Å². The van der Waals surface area contributed by atoms with Gasteiger partial charge in [0.2, 0.25) is 0 Å². The Labute approximate surface area is 150 Å². The standard InChI is InChI=1S/C21H20O3S/c1-17(24-25(23)20-15-9-4-10-16-20)21(22,18-11-5-2-6-12-18)19-13-7-3-8-14-19/h2-17,22H,1H3/t17-,25?/m0/s1. The number of rotatable bonds is 6. The molecule has 0 radical (unpaired) electrons. The predicted octanol–water partition coefficient (Wildman–Crippen LogP) is 4.05. The molecule has 0 saturated carbocycles. The summed E-state index contributed by atoms with van der Waals surface area (Å²) >= 11 is -1.67. The summed E-state index contributed by atoms with van der Waals surface area (Å²) < 4.78 is 18.3. The van der Waals surface area contributed by atoms with Crippen molar-refractivity contribution < 1.29 is 13.5 Å². The Bertz CT molecular complexity index is 780. The smallest absolute Gasteiger partial charge is 0.189 e. The first kappa shape index (κ1) is 17.5. The molecular formula is C21H20O3S. The molecule has 3 aromatic carbocycles. The molecule has 0 aromatic heterocycles. The maximum atomic E-state index is 12.5. The molecule has 3 rings (SSSR count). The van der Waals surface area contributed by atoms with Crippen LogP contribution in [0, 0.1) is 0 Å². The molecule has 1 N–H and O–H groups in total. The van der Waals surface area contributed by atoms with E-state index in [0.29, 0.717) is 16.0 Å². The summed E-state index contributed by atoms with van der Waals surface area (Å²) in [6.07, 6.45) is -0.724. The largest absolute Gasteiger partial charge is 0.378 e. The van der Waals surface area contributed by atoms with E-state index < -0.39 is 22.8 Å². The van der Waals surface area contributed by atoms with Crippen LogP contribution in [-0.2, 0) is 20.9 Å². The number of aliphatic hydroxyl groups is 1. The summed E-state index contributed by atoms with van der Waals surface area (Å²) in [7, 11) is 0. The zero-order valence-electron chi connectivity index (χ0n) is 13.9. The second-order valence-electron chi connectivity index (χ2n) is 5.78. The van der Waals surface area contributed by atoms with E-state index in [1.165, 1.54) is 0 Å². The van der Waals surface area contributed by atoms with Crippen LogP contribution in [0.5, 0.6) is 0 Å². The van der Waals surface area contributed by atoms with Gasteiger partial charge in [-0.2, -0.15) is 0 Å². The summed E-state index contributed by atoms with van der Waals surface area (Å²) in [6.45, 7) is 1.74. The van der Waals surface area contributed by atoms with Gasteiger partial charge in [-0.15, -0.1) is 0 Å². The normalized spacial score (nSPS) is 14.0. The predicted molar refractivity (Wildman–Crippen MR) is 99.3 cm³/mol. The second-order valence-corrected chi connectivity index (χ2v) is 6.92. The van der Waals surface area contributed by atoms with E-state index >= 15 is 0 Å². The molecule has 3 nitrogen and oxygen atoms in total. The van der Waals surface area contributed by atoms with Gasteiger partial charge >= 0.3 is 0 Å². The molecule has 0 saturated heterocycles. The van der Waals surface area contributed by atoms with E-state index in [9.17, 15) is 9.32 Å². The highest BCUT2D eigenvalue weighted by Crippen LogP contribution is 2.35. The molecule has 1 unspecified atom stereocenters. The maximum Gasteiger partial charge on any atom is 0.189 e. The van der Waals surface area contributed by atoms with E-state index in [0.717, 1.165) is 0 Å². The first-order chi connectivity index (χ1) is 12.1. The third kappa shape index (κ3) is 3.71. The van der Waals surface area contributed by atoms with Crippen molar-refractivity contribution in [1.82, 2.24) is 0 Å². The zero-order chi connectivity index (χ0) is 17.7. The van der Waals surface area contributed by atoms with Crippen LogP contribution in [0.1, 0.15) is 18.1 Å². The fourth-order valence-corrected chi connectivity index (χ4v) is 3.70. The fraction of sp³-hybridized carbons (Fsp3) is 0.143. The van der Waals surface area contributed by atoms with Gasteiger partial charge in [0, 0.05) is 0 Å². The minimum atomic E-state index is -1.67. The first-order valence-corrected chi connectivity index (χ1v) is 9.17. The summed E-state index contributed by atoms with van der Waals surface area (Å²) in [5, 5.41) is 11.6. The van der Waals surface area contributed by atoms with Gasteiger partial charge in [-0.25, -0.2) is 4.21 Å². The maximum absolute atomic E-state index is 12.5. The van der Waals surface area contributed by atoms with Crippen molar-refractivity contribution in [2.45, 2.75) is 23.5 Å². The van der Waals surface area contributed by atoms with Gasteiger partial charge in [-0.3, -0.25) is 4.18 Å². The van der Waals surface area contributed by atoms with Crippen molar-refractivity contribution in [2.75, 3.05) is 0 Å². The van der Waals surface area contributed by atoms with Crippen molar-refractivity contribution in [1.29, 1.82) is 0 Å². The molecule has 0 aliphatic rings. The van der Waals surface area contributed by atoms with E-state index in [1.54, 1.807) is 19.1 Å². The lowest BCUT2D eigenvalue weighted by Crippen LogP contribution is -2.41. The van der Waals surface area contributed by atoms with Crippen molar-refractivity contribution >= 4 is 11.1 Å². The van der Waals surface area contributed by atoms with Gasteiger partial charge in [0.25, 0.3) is 0 Å². The Kier molecular flexibility index (Phi) is 5.43. The minimum absolute atomic E-state index is 0.567. The van der Waals surface area contributed by atoms with Crippen molar-refractivity contribution in [2.24, 2.45) is 0 Å². The summed E-state index contributed by atoms with van der Waals surface area (Å²) in [6, 6.07) is 27.6. The molecule has 25 heavy (non-hydrogen) atoms. The average Bonchev–Trinajstić information content (AvgIpc) is 2.69. The SMILES string of the molecule is C[C@H](OS(=O)c1ccccc1)C(O)(c1ccccc1)c1ccccc1. The van der Waals surface area contributed by atoms with Gasteiger partial charge in [0.1, 0.15) is 11.7 Å². The van der Waals surface area contributed by atoms with Gasteiger partial charge < -0.3 is 5.11 Å². The lowest BCUT2D eigenvalue weighted by atomic mass is 9.82. The van der Waals surface area contributed by atoms with Crippen LogP contribution in [-0.4, -0.2) is 15.4 Å². The molecule has 0 aliphatic carbocycles. The lowest BCUT2D eigenvalue weighted by molar-refractivity contribution is -0.0200. The Morgan fingerprint density at radius 2 is 1.20 bits per heavy atom. The Balaban J connectivity index is 1.96. The molecule has 0 bridgehead atoms. The van der Waals surface area contributed by atoms with Gasteiger partial charge in [0.05, 0.1) is 4.90 Å². The van der Waals surface area contributed by atoms with Crippen LogP contribution in [0.3, 0.4) is 0 Å². The van der Waals surface area contributed by atoms with Gasteiger partial charge in [0.15, 0.2) is 11.1 Å². The van der Waals surface area contributed by atoms with Crippen molar-refractivity contribution in [3.8, 4) is 0 Å². The van der Waals surface area contributed by atoms with E-state index in [4.69, 9.17) is 4.18 Å². The highest BCUT2D eigenvalue weighted by Gasteiger charge is 2.39. The van der Waals surface area contributed by atoms with Gasteiger partial charge in [-0.1, -0.05) is 78.9 Å². The second kappa shape index (κ2) is 7.74. The Hall–Kier alpha value is -2.27. The molecule has 0 spiro atoms. The van der Waals surface area contributed by atoms with Crippen LogP contribution in [0.2, 0.25) is 0 Å². The highest BCUT2D eigenvalue weighted by molar-refractivity contribution is 7.80. The topological polar surface area (TPSA) is 46.5 Å². The van der Waals surface area contributed by atoms with Crippen molar-refractivity contribution in [3.05, 3.63) is 102 Å². The quantitative estimate of drug-likeness (QED) is 0.728. The molecule has 0 heterocycles. The minimum Gasteiger partial charge on any atom is -0.378 e. The molecule has 0 aliphatic heterocycles. The highest BCUT2D eigenvalue weighted by atomic mass is 32.2. The first-order valence-electron chi connectivity index (χ1n) is 8.09. The van der Waals surface area contributed by atoms with Crippen LogP contribution >= 0.6 is 0 Å². The third-order valence-corrected chi connectivity index (χ3v) is 5.30. The molecule has 2 atom stereocenters. The van der Waals surface area contributed by atoms with Crippen LogP contribution in [0.15, 0.2) is 95.9 Å². The molecule has 128 valence electrons. The van der Waals surface area contributed by atoms with Crippen LogP contribution in [0.25, 0.3) is 0 Å².